The van der Waals surface area contributed by atoms with Crippen molar-refractivity contribution < 1.29 is 9.28 Å². The average molecular weight is 435 g/mol. The molecule has 1 rings (SSSR count). The van der Waals surface area contributed by atoms with Crippen molar-refractivity contribution in [1.82, 2.24) is 5.32 Å². The van der Waals surface area contributed by atoms with Gasteiger partial charge in [-0.3, -0.25) is 9.28 Å². The highest BCUT2D eigenvalue weighted by molar-refractivity contribution is 5.73. The molecule has 1 heterocycles. The number of allylic oxidation sites excluding steroid dienone is 2. The Hall–Kier alpha value is -1.16. The van der Waals surface area contributed by atoms with Crippen molar-refractivity contribution in [1.29, 1.82) is 0 Å². The topological polar surface area (TPSA) is 41.5 Å². The minimum Gasteiger partial charge on any atom is -0.307 e. The maximum absolute atomic E-state index is 11.5. The number of amides is 1. The zero-order valence-corrected chi connectivity index (χ0v) is 21.2. The third-order valence-corrected chi connectivity index (χ3v) is 7.04. The summed E-state index contributed by atoms with van der Waals surface area (Å²) in [7, 11) is 0. The van der Waals surface area contributed by atoms with Gasteiger partial charge in [0.25, 0.3) is 0 Å². The predicted molar refractivity (Wildman–Crippen MR) is 135 cm³/mol. The summed E-state index contributed by atoms with van der Waals surface area (Å²) in [4.78, 5) is 16.3. The molecule has 0 radical (unpaired) electrons. The van der Waals surface area contributed by atoms with E-state index in [1.165, 1.54) is 89.9 Å². The smallest absolute Gasteiger partial charge is 0.221 e. The second-order valence-electron chi connectivity index (χ2n) is 9.52. The van der Waals surface area contributed by atoms with Crippen LogP contribution in [0.4, 0.5) is 0 Å². The Bertz CT molecular complexity index is 517. The van der Waals surface area contributed by atoms with E-state index in [0.29, 0.717) is 6.17 Å². The molecule has 1 N–H and O–H groups in total. The summed E-state index contributed by atoms with van der Waals surface area (Å²) in [6.07, 6.45) is 27.3. The number of quaternary nitrogens is 1. The highest BCUT2D eigenvalue weighted by Gasteiger charge is 2.42. The molecule has 1 aliphatic heterocycles. The van der Waals surface area contributed by atoms with Gasteiger partial charge in [-0.25, -0.2) is 4.99 Å². The van der Waals surface area contributed by atoms with Gasteiger partial charge in [-0.05, 0) is 39.0 Å². The molecule has 0 spiro atoms. The first-order chi connectivity index (χ1) is 15.1. The van der Waals surface area contributed by atoms with Gasteiger partial charge in [0.15, 0.2) is 12.3 Å². The molecule has 180 valence electrons. The van der Waals surface area contributed by atoms with Crippen LogP contribution in [-0.4, -0.2) is 42.0 Å². The SMILES string of the molecule is CCCCCCCCCCCC/C=C/CCCCC1N=CC[N+]1(CC)C(C)NC(C)=O. The molecule has 0 aliphatic carbocycles. The predicted octanol–water partition coefficient (Wildman–Crippen LogP) is 7.14. The summed E-state index contributed by atoms with van der Waals surface area (Å²) in [5.74, 6) is 0.0525. The van der Waals surface area contributed by atoms with Crippen LogP contribution in [0.15, 0.2) is 17.1 Å². The molecule has 4 heteroatoms. The first kappa shape index (κ1) is 27.9. The summed E-state index contributed by atoms with van der Waals surface area (Å²) in [5, 5.41) is 3.10. The summed E-state index contributed by atoms with van der Waals surface area (Å²) in [6, 6.07) is 0. The van der Waals surface area contributed by atoms with E-state index in [-0.39, 0.29) is 12.1 Å². The summed E-state index contributed by atoms with van der Waals surface area (Å²) in [5.41, 5.74) is 0. The first-order valence-corrected chi connectivity index (χ1v) is 13.4. The number of nitrogens with zero attached hydrogens (tertiary/aromatic N) is 2. The number of hydrogen-bond donors (Lipinski definition) is 1. The normalized spacial score (nSPS) is 21.7. The minimum absolute atomic E-state index is 0.0525. The lowest BCUT2D eigenvalue weighted by Crippen LogP contribution is -2.63. The van der Waals surface area contributed by atoms with E-state index in [2.05, 4.69) is 44.5 Å². The number of unbranched alkanes of at least 4 members (excludes halogenated alkanes) is 12. The molecule has 0 aromatic rings. The standard InChI is InChI=1S/C27H51N3O/c1-5-7-8-9-10-11-12-13-14-15-16-17-18-19-20-21-22-27-28-23-24-30(27,6-2)25(3)29-26(4)31/h17-18,23,25,27H,5-16,19-22,24H2,1-4H3/p+1/b18-17+. The number of hydrogen-bond acceptors (Lipinski definition) is 2. The number of carbonyl (C=O) groups is 1. The van der Waals surface area contributed by atoms with Crippen LogP contribution >= 0.6 is 0 Å². The number of aliphatic imine (C=N–C) groups is 1. The van der Waals surface area contributed by atoms with Crippen LogP contribution in [0.25, 0.3) is 0 Å². The lowest BCUT2D eigenvalue weighted by atomic mass is 10.1. The molecule has 0 aromatic carbocycles. The molecule has 3 atom stereocenters. The Balaban J connectivity index is 2.05. The maximum atomic E-state index is 11.5. The molecule has 0 aromatic heterocycles. The van der Waals surface area contributed by atoms with Crippen molar-refractivity contribution in [3.63, 3.8) is 0 Å². The molecule has 1 aliphatic rings. The van der Waals surface area contributed by atoms with Crippen LogP contribution < -0.4 is 5.32 Å². The first-order valence-electron chi connectivity index (χ1n) is 13.4. The van der Waals surface area contributed by atoms with E-state index in [4.69, 9.17) is 4.99 Å². The quantitative estimate of drug-likeness (QED) is 0.131. The van der Waals surface area contributed by atoms with Crippen molar-refractivity contribution >= 4 is 12.1 Å². The molecule has 1 amide bonds. The molecule has 0 fully saturated rings. The van der Waals surface area contributed by atoms with Crippen LogP contribution in [0, 0.1) is 0 Å². The fourth-order valence-electron chi connectivity index (χ4n) is 4.93. The van der Waals surface area contributed by atoms with Crippen molar-refractivity contribution in [2.75, 3.05) is 13.1 Å². The Labute approximate surface area is 193 Å². The van der Waals surface area contributed by atoms with E-state index in [1.54, 1.807) is 6.92 Å². The fourth-order valence-corrected chi connectivity index (χ4v) is 4.93. The molecule has 0 saturated heterocycles. The maximum Gasteiger partial charge on any atom is 0.221 e. The van der Waals surface area contributed by atoms with Gasteiger partial charge in [-0.15, -0.1) is 0 Å². The molecular formula is C27H52N3O+. The van der Waals surface area contributed by atoms with E-state index < -0.39 is 0 Å². The van der Waals surface area contributed by atoms with Gasteiger partial charge in [0.2, 0.25) is 5.91 Å². The number of rotatable bonds is 19. The van der Waals surface area contributed by atoms with Crippen molar-refractivity contribution in [3.8, 4) is 0 Å². The third-order valence-electron chi connectivity index (χ3n) is 7.04. The van der Waals surface area contributed by atoms with Crippen LogP contribution in [0.2, 0.25) is 0 Å². The van der Waals surface area contributed by atoms with Crippen LogP contribution in [0.1, 0.15) is 124 Å². The highest BCUT2D eigenvalue weighted by atomic mass is 16.1. The zero-order chi connectivity index (χ0) is 22.8. The van der Waals surface area contributed by atoms with Gasteiger partial charge >= 0.3 is 0 Å². The Morgan fingerprint density at radius 1 is 0.968 bits per heavy atom. The highest BCUT2D eigenvalue weighted by Crippen LogP contribution is 2.26. The summed E-state index contributed by atoms with van der Waals surface area (Å²) < 4.78 is 0.869. The third kappa shape index (κ3) is 11.3. The molecule has 3 unspecified atom stereocenters. The van der Waals surface area contributed by atoms with Crippen molar-refractivity contribution in [2.24, 2.45) is 4.99 Å². The zero-order valence-electron chi connectivity index (χ0n) is 21.2. The van der Waals surface area contributed by atoms with Crippen LogP contribution in [0.5, 0.6) is 0 Å². The molecule has 0 bridgehead atoms. The van der Waals surface area contributed by atoms with Crippen LogP contribution in [-0.2, 0) is 4.79 Å². The van der Waals surface area contributed by atoms with Gasteiger partial charge in [-0.1, -0.05) is 76.9 Å². The van der Waals surface area contributed by atoms with Crippen molar-refractivity contribution in [3.05, 3.63) is 12.2 Å². The van der Waals surface area contributed by atoms with E-state index >= 15 is 0 Å². The van der Waals surface area contributed by atoms with Gasteiger partial charge < -0.3 is 5.32 Å². The second-order valence-corrected chi connectivity index (χ2v) is 9.52. The van der Waals surface area contributed by atoms with E-state index in [9.17, 15) is 4.79 Å². The van der Waals surface area contributed by atoms with Gasteiger partial charge in [0.05, 0.1) is 12.8 Å². The lowest BCUT2D eigenvalue weighted by Gasteiger charge is -2.42. The van der Waals surface area contributed by atoms with Crippen LogP contribution in [0.3, 0.4) is 0 Å². The molecule has 4 nitrogen and oxygen atoms in total. The minimum atomic E-state index is 0.0525. The lowest BCUT2D eigenvalue weighted by molar-refractivity contribution is -0.959. The summed E-state index contributed by atoms with van der Waals surface area (Å²) >= 11 is 0. The average Bonchev–Trinajstić information content (AvgIpc) is 3.17. The monoisotopic (exact) mass is 434 g/mol. The Morgan fingerprint density at radius 3 is 2.06 bits per heavy atom. The van der Waals surface area contributed by atoms with Gasteiger partial charge in [-0.2, -0.15) is 0 Å². The number of nitrogens with one attached hydrogen (secondary N) is 1. The second kappa shape index (κ2) is 17.4. The summed E-state index contributed by atoms with van der Waals surface area (Å²) in [6.45, 7) is 10.2. The molecule has 31 heavy (non-hydrogen) atoms. The fraction of sp³-hybridized carbons (Fsp3) is 0.852. The van der Waals surface area contributed by atoms with Gasteiger partial charge in [0, 0.05) is 20.3 Å². The van der Waals surface area contributed by atoms with E-state index in [1.807, 2.05) is 0 Å². The largest absolute Gasteiger partial charge is 0.307 e. The number of carbonyl (C=O) groups excluding carboxylic acids is 1. The molecular weight excluding hydrogens is 382 g/mol. The van der Waals surface area contributed by atoms with Gasteiger partial charge in [0.1, 0.15) is 6.54 Å². The molecule has 0 saturated carbocycles. The van der Waals surface area contributed by atoms with Crippen molar-refractivity contribution in [2.45, 2.75) is 136 Å². The van der Waals surface area contributed by atoms with E-state index in [0.717, 1.165) is 24.0 Å². The Kier molecular flexibility index (Phi) is 15.6. The Morgan fingerprint density at radius 2 is 1.52 bits per heavy atom.